The number of rotatable bonds is 7. The van der Waals surface area contributed by atoms with Crippen LogP contribution in [0, 0.1) is 0 Å². The average Bonchev–Trinajstić information content (AvgIpc) is 2.65. The SMILES string of the molecule is CCCC(=O)Cc1c2ccccc2c(OC(=O)CCC)c2ccccc12. The summed E-state index contributed by atoms with van der Waals surface area (Å²) >= 11 is 0. The number of carbonyl (C=O) groups is 2. The molecule has 0 aliphatic rings. The molecule has 0 amide bonds. The Balaban J connectivity index is 2.24. The van der Waals surface area contributed by atoms with Crippen LogP contribution in [0.4, 0.5) is 0 Å². The van der Waals surface area contributed by atoms with Gasteiger partial charge in [-0.3, -0.25) is 9.59 Å². The van der Waals surface area contributed by atoms with Crippen LogP contribution < -0.4 is 4.74 Å². The van der Waals surface area contributed by atoms with Gasteiger partial charge in [0.05, 0.1) is 0 Å². The highest BCUT2D eigenvalue weighted by atomic mass is 16.5. The highest BCUT2D eigenvalue weighted by molar-refractivity contribution is 6.11. The summed E-state index contributed by atoms with van der Waals surface area (Å²) in [4.78, 5) is 24.5. The molecule has 3 aromatic rings. The Hall–Kier alpha value is -2.68. The molecular formula is C23H24O3. The molecular weight excluding hydrogens is 324 g/mol. The van der Waals surface area contributed by atoms with Gasteiger partial charge in [-0.15, -0.1) is 0 Å². The van der Waals surface area contributed by atoms with Crippen LogP contribution in [0.15, 0.2) is 48.5 Å². The molecule has 0 atom stereocenters. The maximum Gasteiger partial charge on any atom is 0.311 e. The smallest absolute Gasteiger partial charge is 0.311 e. The molecule has 3 rings (SSSR count). The van der Waals surface area contributed by atoms with E-state index in [2.05, 4.69) is 0 Å². The second kappa shape index (κ2) is 8.13. The van der Waals surface area contributed by atoms with E-state index < -0.39 is 0 Å². The molecule has 26 heavy (non-hydrogen) atoms. The monoisotopic (exact) mass is 348 g/mol. The Morgan fingerprint density at radius 2 is 1.27 bits per heavy atom. The molecule has 134 valence electrons. The van der Waals surface area contributed by atoms with Crippen LogP contribution in [0.25, 0.3) is 21.5 Å². The number of fused-ring (bicyclic) bond motifs is 2. The van der Waals surface area contributed by atoms with Gasteiger partial charge in [-0.25, -0.2) is 0 Å². The van der Waals surface area contributed by atoms with Crippen LogP contribution in [0.3, 0.4) is 0 Å². The highest BCUT2D eigenvalue weighted by Crippen LogP contribution is 2.39. The summed E-state index contributed by atoms with van der Waals surface area (Å²) in [5.74, 6) is 0.609. The predicted molar refractivity (Wildman–Crippen MR) is 106 cm³/mol. The number of carbonyl (C=O) groups excluding carboxylic acids is 2. The first-order valence-corrected chi connectivity index (χ1v) is 9.30. The minimum absolute atomic E-state index is 0.224. The fraction of sp³-hybridized carbons (Fsp3) is 0.304. The van der Waals surface area contributed by atoms with Gasteiger partial charge in [0, 0.05) is 30.0 Å². The van der Waals surface area contributed by atoms with E-state index in [4.69, 9.17) is 4.74 Å². The first-order chi connectivity index (χ1) is 12.7. The van der Waals surface area contributed by atoms with Gasteiger partial charge in [-0.1, -0.05) is 62.4 Å². The highest BCUT2D eigenvalue weighted by Gasteiger charge is 2.18. The molecule has 0 fully saturated rings. The maximum atomic E-state index is 12.4. The van der Waals surface area contributed by atoms with Crippen molar-refractivity contribution >= 4 is 33.3 Å². The van der Waals surface area contributed by atoms with E-state index in [0.717, 1.165) is 39.9 Å². The van der Waals surface area contributed by atoms with Gasteiger partial charge in [-0.2, -0.15) is 0 Å². The Bertz CT molecular complexity index is 821. The van der Waals surface area contributed by atoms with Gasteiger partial charge in [-0.05, 0) is 29.2 Å². The first-order valence-electron chi connectivity index (χ1n) is 9.30. The first kappa shape index (κ1) is 18.1. The summed E-state index contributed by atoms with van der Waals surface area (Å²) in [6.07, 6.45) is 2.97. The van der Waals surface area contributed by atoms with E-state index in [1.165, 1.54) is 0 Å². The van der Waals surface area contributed by atoms with Crippen molar-refractivity contribution in [3.05, 3.63) is 54.1 Å². The second-order valence-electron chi connectivity index (χ2n) is 6.59. The summed E-state index contributed by atoms with van der Waals surface area (Å²) < 4.78 is 5.76. The standard InChI is InChI=1S/C23H24O3/c1-3-9-16(24)15-21-17-11-5-7-13-19(17)23(26-22(25)10-4-2)20-14-8-6-12-18(20)21/h5-8,11-14H,3-4,9-10,15H2,1-2H3. The number of hydrogen-bond acceptors (Lipinski definition) is 3. The van der Waals surface area contributed by atoms with E-state index >= 15 is 0 Å². The van der Waals surface area contributed by atoms with Gasteiger partial charge >= 0.3 is 5.97 Å². The summed E-state index contributed by atoms with van der Waals surface area (Å²) in [5, 5.41) is 3.73. The molecule has 0 N–H and O–H groups in total. The van der Waals surface area contributed by atoms with E-state index in [0.29, 0.717) is 25.0 Å². The van der Waals surface area contributed by atoms with Crippen molar-refractivity contribution in [3.63, 3.8) is 0 Å². The van der Waals surface area contributed by atoms with E-state index in [-0.39, 0.29) is 11.8 Å². The number of ether oxygens (including phenoxy) is 1. The lowest BCUT2D eigenvalue weighted by Gasteiger charge is -2.16. The number of hydrogen-bond donors (Lipinski definition) is 0. The quantitative estimate of drug-likeness (QED) is 0.317. The van der Waals surface area contributed by atoms with Crippen LogP contribution in [-0.4, -0.2) is 11.8 Å². The zero-order valence-corrected chi connectivity index (χ0v) is 15.4. The zero-order chi connectivity index (χ0) is 18.5. The molecule has 0 bridgehead atoms. The number of benzene rings is 3. The van der Waals surface area contributed by atoms with E-state index in [9.17, 15) is 9.59 Å². The molecule has 0 heterocycles. The van der Waals surface area contributed by atoms with Crippen molar-refractivity contribution < 1.29 is 14.3 Å². The third-order valence-electron chi connectivity index (χ3n) is 4.57. The van der Waals surface area contributed by atoms with Crippen LogP contribution >= 0.6 is 0 Å². The Labute approximate surface area is 154 Å². The molecule has 0 saturated carbocycles. The van der Waals surface area contributed by atoms with Gasteiger partial charge in [0.15, 0.2) is 0 Å². The molecule has 3 nitrogen and oxygen atoms in total. The van der Waals surface area contributed by atoms with E-state index in [1.807, 2.05) is 62.4 Å². The summed E-state index contributed by atoms with van der Waals surface area (Å²) in [6.45, 7) is 3.98. The summed E-state index contributed by atoms with van der Waals surface area (Å²) in [5.41, 5.74) is 1.02. The fourth-order valence-electron chi connectivity index (χ4n) is 3.41. The van der Waals surface area contributed by atoms with Crippen molar-refractivity contribution in [2.75, 3.05) is 0 Å². The second-order valence-corrected chi connectivity index (χ2v) is 6.59. The van der Waals surface area contributed by atoms with Crippen molar-refractivity contribution in [2.24, 2.45) is 0 Å². The Kier molecular flexibility index (Phi) is 5.67. The van der Waals surface area contributed by atoms with Gasteiger partial charge in [0.25, 0.3) is 0 Å². The maximum absolute atomic E-state index is 12.4. The Morgan fingerprint density at radius 1 is 0.769 bits per heavy atom. The summed E-state index contributed by atoms with van der Waals surface area (Å²) in [7, 11) is 0. The molecule has 3 aromatic carbocycles. The molecule has 0 saturated heterocycles. The molecule has 0 unspecified atom stereocenters. The zero-order valence-electron chi connectivity index (χ0n) is 15.4. The van der Waals surface area contributed by atoms with Gasteiger partial charge in [0.2, 0.25) is 0 Å². The van der Waals surface area contributed by atoms with Crippen LogP contribution in [0.5, 0.6) is 5.75 Å². The average molecular weight is 348 g/mol. The van der Waals surface area contributed by atoms with Crippen LogP contribution in [0.2, 0.25) is 0 Å². The third kappa shape index (κ3) is 3.62. The molecule has 0 radical (unpaired) electrons. The Morgan fingerprint density at radius 3 is 1.77 bits per heavy atom. The van der Waals surface area contributed by atoms with Crippen LogP contribution in [-0.2, 0) is 16.0 Å². The van der Waals surface area contributed by atoms with Crippen molar-refractivity contribution in [3.8, 4) is 5.75 Å². The van der Waals surface area contributed by atoms with Crippen molar-refractivity contribution in [1.29, 1.82) is 0 Å². The van der Waals surface area contributed by atoms with Crippen LogP contribution in [0.1, 0.15) is 45.1 Å². The largest absolute Gasteiger partial charge is 0.425 e. The molecule has 3 heteroatoms. The fourth-order valence-corrected chi connectivity index (χ4v) is 3.41. The molecule has 0 spiro atoms. The topological polar surface area (TPSA) is 43.4 Å². The molecule has 0 aliphatic heterocycles. The van der Waals surface area contributed by atoms with Crippen molar-refractivity contribution in [1.82, 2.24) is 0 Å². The van der Waals surface area contributed by atoms with Gasteiger partial charge in [0.1, 0.15) is 11.5 Å². The molecule has 0 aromatic heterocycles. The van der Waals surface area contributed by atoms with Gasteiger partial charge < -0.3 is 4.74 Å². The lowest BCUT2D eigenvalue weighted by Crippen LogP contribution is -2.09. The number of Topliss-reactive ketones (excluding diaryl/α,β-unsaturated/α-hetero) is 1. The lowest BCUT2D eigenvalue weighted by molar-refractivity contribution is -0.134. The normalized spacial score (nSPS) is 11.0. The number of esters is 1. The predicted octanol–water partition coefficient (Wildman–Crippen LogP) is 5.61. The minimum Gasteiger partial charge on any atom is -0.425 e. The minimum atomic E-state index is -0.224. The lowest BCUT2D eigenvalue weighted by atomic mass is 9.92. The number of ketones is 1. The molecule has 0 aliphatic carbocycles. The summed E-state index contributed by atoms with van der Waals surface area (Å²) in [6, 6.07) is 15.7. The third-order valence-corrected chi connectivity index (χ3v) is 4.57. The van der Waals surface area contributed by atoms with E-state index in [1.54, 1.807) is 0 Å². The van der Waals surface area contributed by atoms with Crippen molar-refractivity contribution in [2.45, 2.75) is 46.0 Å².